The predicted molar refractivity (Wildman–Crippen MR) is 95.5 cm³/mol. The van der Waals surface area contributed by atoms with Crippen LogP contribution in [-0.2, 0) is 4.79 Å². The number of halogens is 3. The van der Waals surface area contributed by atoms with E-state index in [0.29, 0.717) is 31.9 Å². The minimum absolute atomic E-state index is 0.214. The van der Waals surface area contributed by atoms with Crippen LogP contribution in [0, 0.1) is 6.92 Å². The summed E-state index contributed by atoms with van der Waals surface area (Å²) < 4.78 is 32.7. The minimum atomic E-state index is -2.72. The third-order valence-corrected chi connectivity index (χ3v) is 5.62. The molecule has 7 nitrogen and oxygen atoms in total. The summed E-state index contributed by atoms with van der Waals surface area (Å²) in [5.41, 5.74) is 0.0961. The maximum Gasteiger partial charge on any atom is 0.289 e. The normalized spacial score (nSPS) is 16.1. The molecular weight excluding hydrogens is 426 g/mol. The molecule has 0 radical (unpaired) electrons. The van der Waals surface area contributed by atoms with E-state index in [4.69, 9.17) is 4.42 Å². The highest BCUT2D eigenvalue weighted by Gasteiger charge is 2.31. The van der Waals surface area contributed by atoms with E-state index in [-0.39, 0.29) is 27.7 Å². The Morgan fingerprint density at radius 2 is 1.85 bits per heavy atom. The summed E-state index contributed by atoms with van der Waals surface area (Å²) in [7, 11) is 0. The first-order valence-electron chi connectivity index (χ1n) is 8.45. The van der Waals surface area contributed by atoms with Crippen molar-refractivity contribution in [3.05, 3.63) is 40.0 Å². The molecule has 0 N–H and O–H groups in total. The molecule has 146 valence electrons. The molecule has 3 rings (SSSR count). The molecule has 2 aromatic rings. The molecule has 10 heteroatoms. The Morgan fingerprint density at radius 1 is 1.22 bits per heavy atom. The first-order chi connectivity index (χ1) is 12.8. The Hall–Kier alpha value is -2.23. The summed E-state index contributed by atoms with van der Waals surface area (Å²) in [5, 5.41) is 3.90. The average Bonchev–Trinajstić information content (AvgIpc) is 3.30. The number of carbonyl (C=O) groups is 2. The van der Waals surface area contributed by atoms with Gasteiger partial charge < -0.3 is 14.2 Å². The van der Waals surface area contributed by atoms with Crippen LogP contribution in [0.5, 0.6) is 0 Å². The van der Waals surface area contributed by atoms with E-state index >= 15 is 0 Å². The van der Waals surface area contributed by atoms with Crippen molar-refractivity contribution >= 4 is 27.7 Å². The monoisotopic (exact) mass is 444 g/mol. The number of nitrogens with zero attached hydrogens (tertiary/aromatic N) is 4. The topological polar surface area (TPSA) is 71.6 Å². The summed E-state index contributed by atoms with van der Waals surface area (Å²) in [6, 6.07) is 2.52. The molecule has 1 aliphatic rings. The molecule has 2 aromatic heterocycles. The van der Waals surface area contributed by atoms with Gasteiger partial charge in [-0.05, 0) is 41.9 Å². The summed E-state index contributed by atoms with van der Waals surface area (Å²) in [5.74, 6) is -0.174. The smallest absolute Gasteiger partial charge is 0.289 e. The van der Waals surface area contributed by atoms with Gasteiger partial charge in [0.05, 0.1) is 16.4 Å². The van der Waals surface area contributed by atoms with Gasteiger partial charge in [0.25, 0.3) is 12.3 Å². The molecule has 3 heterocycles. The highest BCUT2D eigenvalue weighted by atomic mass is 79.9. The highest BCUT2D eigenvalue weighted by Crippen LogP contribution is 2.31. The lowest BCUT2D eigenvalue weighted by Crippen LogP contribution is -2.52. The van der Waals surface area contributed by atoms with Gasteiger partial charge in [0.1, 0.15) is 11.7 Å². The first kappa shape index (κ1) is 19.5. The number of rotatable bonds is 4. The standard InChI is InChI=1S/C17H19BrF2N4O3/c1-10-13(18)14(15(19)20)21-24(10)11(2)16(25)22-5-7-23(8-6-22)17(26)12-4-3-9-27-12/h3-4,9,11,15H,5-8H2,1-2H3. The maximum absolute atomic E-state index is 13.0. The van der Waals surface area contributed by atoms with Crippen molar-refractivity contribution in [1.82, 2.24) is 19.6 Å². The molecule has 0 saturated carbocycles. The quantitative estimate of drug-likeness (QED) is 0.726. The zero-order valence-corrected chi connectivity index (χ0v) is 16.4. The van der Waals surface area contributed by atoms with Crippen molar-refractivity contribution in [2.24, 2.45) is 0 Å². The van der Waals surface area contributed by atoms with Crippen LogP contribution in [0.15, 0.2) is 27.3 Å². The Kier molecular flexibility index (Phi) is 5.64. The van der Waals surface area contributed by atoms with Crippen LogP contribution in [0.3, 0.4) is 0 Å². The number of hydrogen-bond acceptors (Lipinski definition) is 4. The summed E-state index contributed by atoms with van der Waals surface area (Å²) in [4.78, 5) is 28.3. The molecule has 2 amide bonds. The minimum Gasteiger partial charge on any atom is -0.459 e. The fourth-order valence-electron chi connectivity index (χ4n) is 3.09. The van der Waals surface area contributed by atoms with Gasteiger partial charge in [-0.15, -0.1) is 0 Å². The summed E-state index contributed by atoms with van der Waals surface area (Å²) in [6.45, 7) is 4.73. The van der Waals surface area contributed by atoms with Crippen molar-refractivity contribution in [3.8, 4) is 0 Å². The Morgan fingerprint density at radius 3 is 2.37 bits per heavy atom. The second-order valence-corrected chi connectivity index (χ2v) is 7.09. The molecule has 0 aliphatic carbocycles. The van der Waals surface area contributed by atoms with Gasteiger partial charge in [0.15, 0.2) is 5.76 Å². The number of hydrogen-bond donors (Lipinski definition) is 0. The molecular formula is C17H19BrF2N4O3. The lowest BCUT2D eigenvalue weighted by Gasteiger charge is -2.35. The van der Waals surface area contributed by atoms with E-state index in [2.05, 4.69) is 21.0 Å². The number of piperazine rings is 1. The zero-order valence-electron chi connectivity index (χ0n) is 14.9. The fraction of sp³-hybridized carbons (Fsp3) is 0.471. The van der Waals surface area contributed by atoms with Crippen molar-refractivity contribution in [2.75, 3.05) is 26.2 Å². The molecule has 1 unspecified atom stereocenters. The third-order valence-electron chi connectivity index (χ3n) is 4.64. The van der Waals surface area contributed by atoms with E-state index in [1.54, 1.807) is 35.8 Å². The molecule has 1 saturated heterocycles. The van der Waals surface area contributed by atoms with Gasteiger partial charge in [-0.2, -0.15) is 5.10 Å². The molecule has 1 aliphatic heterocycles. The van der Waals surface area contributed by atoms with E-state index in [1.165, 1.54) is 10.9 Å². The van der Waals surface area contributed by atoms with Gasteiger partial charge in [0.2, 0.25) is 5.91 Å². The lowest BCUT2D eigenvalue weighted by atomic mass is 10.2. The number of carbonyl (C=O) groups excluding carboxylic acids is 2. The van der Waals surface area contributed by atoms with E-state index in [1.807, 2.05) is 0 Å². The fourth-order valence-corrected chi connectivity index (χ4v) is 3.53. The second kappa shape index (κ2) is 7.79. The van der Waals surface area contributed by atoms with E-state index in [9.17, 15) is 18.4 Å². The zero-order chi connectivity index (χ0) is 19.7. The summed E-state index contributed by atoms with van der Waals surface area (Å²) >= 11 is 3.12. The molecule has 0 aromatic carbocycles. The maximum atomic E-state index is 13.0. The third kappa shape index (κ3) is 3.76. The largest absolute Gasteiger partial charge is 0.459 e. The molecule has 27 heavy (non-hydrogen) atoms. The number of aromatic nitrogens is 2. The van der Waals surface area contributed by atoms with Gasteiger partial charge in [-0.3, -0.25) is 14.3 Å². The van der Waals surface area contributed by atoms with Crippen molar-refractivity contribution in [1.29, 1.82) is 0 Å². The van der Waals surface area contributed by atoms with Gasteiger partial charge >= 0.3 is 0 Å². The molecule has 1 fully saturated rings. The molecule has 0 bridgehead atoms. The number of amides is 2. The van der Waals surface area contributed by atoms with Gasteiger partial charge in [-0.1, -0.05) is 0 Å². The first-order valence-corrected chi connectivity index (χ1v) is 9.24. The van der Waals surface area contributed by atoms with Crippen LogP contribution in [0.1, 0.15) is 41.3 Å². The Bertz CT molecular complexity index is 830. The predicted octanol–water partition coefficient (Wildman–Crippen LogP) is 3.03. The Labute approximate surface area is 163 Å². The summed E-state index contributed by atoms with van der Waals surface area (Å²) in [6.07, 6.45) is -1.29. The molecule has 0 spiro atoms. The van der Waals surface area contributed by atoms with Crippen molar-refractivity contribution < 1.29 is 22.8 Å². The highest BCUT2D eigenvalue weighted by molar-refractivity contribution is 9.10. The van der Waals surface area contributed by atoms with Gasteiger partial charge in [0, 0.05) is 26.2 Å². The lowest BCUT2D eigenvalue weighted by molar-refractivity contribution is -0.136. The van der Waals surface area contributed by atoms with Crippen LogP contribution in [0.25, 0.3) is 0 Å². The van der Waals surface area contributed by atoms with Crippen LogP contribution < -0.4 is 0 Å². The van der Waals surface area contributed by atoms with Crippen LogP contribution in [-0.4, -0.2) is 57.6 Å². The number of furan rings is 1. The van der Waals surface area contributed by atoms with E-state index < -0.39 is 12.5 Å². The Balaban J connectivity index is 1.65. The SMILES string of the molecule is Cc1c(Br)c(C(F)F)nn1C(C)C(=O)N1CCN(C(=O)c2ccco2)CC1. The van der Waals surface area contributed by atoms with Crippen LogP contribution in [0.2, 0.25) is 0 Å². The van der Waals surface area contributed by atoms with Crippen molar-refractivity contribution in [3.63, 3.8) is 0 Å². The van der Waals surface area contributed by atoms with Crippen LogP contribution in [0.4, 0.5) is 8.78 Å². The average molecular weight is 445 g/mol. The van der Waals surface area contributed by atoms with E-state index in [0.717, 1.165) is 0 Å². The van der Waals surface area contributed by atoms with Gasteiger partial charge in [-0.25, -0.2) is 8.78 Å². The number of alkyl halides is 2. The molecule has 1 atom stereocenters. The van der Waals surface area contributed by atoms with Crippen molar-refractivity contribution in [2.45, 2.75) is 26.3 Å². The van der Waals surface area contributed by atoms with Crippen LogP contribution >= 0.6 is 15.9 Å². The second-order valence-electron chi connectivity index (χ2n) is 6.30.